The van der Waals surface area contributed by atoms with Crippen LogP contribution in [0.15, 0.2) is 12.1 Å². The second kappa shape index (κ2) is 4.38. The van der Waals surface area contributed by atoms with Gasteiger partial charge in [0, 0.05) is 4.83 Å². The summed E-state index contributed by atoms with van der Waals surface area (Å²) in [7, 11) is 0. The lowest BCUT2D eigenvalue weighted by Gasteiger charge is -2.06. The molecule has 0 radical (unpaired) electrons. The van der Waals surface area contributed by atoms with Gasteiger partial charge in [0.05, 0.1) is 0 Å². The molecule has 1 rings (SSSR count). The Kier molecular flexibility index (Phi) is 3.68. The maximum absolute atomic E-state index is 13.2. The highest BCUT2D eigenvalue weighted by atomic mass is 79.9. The van der Waals surface area contributed by atoms with Crippen molar-refractivity contribution in [2.24, 2.45) is 0 Å². The predicted octanol–water partition coefficient (Wildman–Crippen LogP) is 3.94. The van der Waals surface area contributed by atoms with Crippen LogP contribution in [-0.2, 0) is 6.42 Å². The topological polar surface area (TPSA) is 0 Å². The molecule has 0 aliphatic rings. The highest BCUT2D eigenvalue weighted by Crippen LogP contribution is 2.23. The van der Waals surface area contributed by atoms with E-state index in [9.17, 15) is 8.78 Å². The molecule has 13 heavy (non-hydrogen) atoms. The second-order valence-corrected chi connectivity index (χ2v) is 4.76. The Balaban J connectivity index is 3.04. The number of rotatable bonds is 2. The van der Waals surface area contributed by atoms with E-state index < -0.39 is 16.7 Å². The molecule has 0 nitrogen and oxygen atoms in total. The SMILES string of the molecule is CC(Br)Cc1ccc(F)c(Cl)c1F. The molecule has 1 aromatic rings. The Morgan fingerprint density at radius 2 is 2.08 bits per heavy atom. The quantitative estimate of drug-likeness (QED) is 0.563. The van der Waals surface area contributed by atoms with Crippen molar-refractivity contribution in [1.82, 2.24) is 0 Å². The molecule has 1 aromatic carbocycles. The molecule has 0 aliphatic carbocycles. The average molecular weight is 270 g/mol. The fourth-order valence-electron chi connectivity index (χ4n) is 1.03. The summed E-state index contributed by atoms with van der Waals surface area (Å²) in [5, 5.41) is -0.425. The standard InChI is InChI=1S/C9H8BrClF2/c1-5(10)4-6-2-3-7(12)8(11)9(6)13/h2-3,5H,4H2,1H3. The predicted molar refractivity (Wildman–Crippen MR) is 53.5 cm³/mol. The lowest BCUT2D eigenvalue weighted by molar-refractivity contribution is 0.572. The first-order valence-electron chi connectivity index (χ1n) is 3.79. The molecule has 1 unspecified atom stereocenters. The van der Waals surface area contributed by atoms with Gasteiger partial charge in [-0.15, -0.1) is 0 Å². The van der Waals surface area contributed by atoms with Crippen LogP contribution in [0.1, 0.15) is 12.5 Å². The Morgan fingerprint density at radius 1 is 1.46 bits per heavy atom. The van der Waals surface area contributed by atoms with Crippen LogP contribution < -0.4 is 0 Å². The molecule has 0 spiro atoms. The Morgan fingerprint density at radius 3 is 2.62 bits per heavy atom. The first kappa shape index (κ1) is 10.9. The van der Waals surface area contributed by atoms with E-state index in [1.54, 1.807) is 0 Å². The molecular formula is C9H8BrClF2. The fourth-order valence-corrected chi connectivity index (χ4v) is 1.56. The zero-order valence-corrected chi connectivity index (χ0v) is 9.29. The number of alkyl halides is 1. The third-order valence-electron chi connectivity index (χ3n) is 1.62. The second-order valence-electron chi connectivity index (χ2n) is 2.82. The molecule has 0 saturated carbocycles. The van der Waals surface area contributed by atoms with Gasteiger partial charge >= 0.3 is 0 Å². The molecule has 0 bridgehead atoms. The minimum Gasteiger partial charge on any atom is -0.205 e. The van der Waals surface area contributed by atoms with Crippen LogP contribution in [0.25, 0.3) is 0 Å². The summed E-state index contributed by atoms with van der Waals surface area (Å²) in [6.07, 6.45) is 0.492. The third-order valence-corrected chi connectivity index (χ3v) is 2.29. The summed E-state index contributed by atoms with van der Waals surface area (Å²) in [6.45, 7) is 1.89. The van der Waals surface area contributed by atoms with Crippen LogP contribution in [0.2, 0.25) is 5.02 Å². The van der Waals surface area contributed by atoms with Crippen LogP contribution in [-0.4, -0.2) is 4.83 Å². The van der Waals surface area contributed by atoms with Gasteiger partial charge in [0.1, 0.15) is 16.7 Å². The zero-order valence-electron chi connectivity index (χ0n) is 6.95. The first-order valence-corrected chi connectivity index (χ1v) is 5.08. The Labute approximate surface area is 89.0 Å². The molecule has 0 fully saturated rings. The van der Waals surface area contributed by atoms with Gasteiger partial charge in [-0.2, -0.15) is 0 Å². The van der Waals surface area contributed by atoms with E-state index in [1.165, 1.54) is 12.1 Å². The monoisotopic (exact) mass is 268 g/mol. The fraction of sp³-hybridized carbons (Fsp3) is 0.333. The molecule has 0 amide bonds. The van der Waals surface area contributed by atoms with E-state index in [4.69, 9.17) is 11.6 Å². The van der Waals surface area contributed by atoms with Crippen LogP contribution >= 0.6 is 27.5 Å². The maximum atomic E-state index is 13.2. The molecule has 0 aromatic heterocycles. The van der Waals surface area contributed by atoms with Crippen LogP contribution in [0.4, 0.5) is 8.78 Å². The number of benzene rings is 1. The van der Waals surface area contributed by atoms with Gasteiger partial charge in [0.25, 0.3) is 0 Å². The third kappa shape index (κ3) is 2.64. The molecule has 0 aliphatic heterocycles. The van der Waals surface area contributed by atoms with Gasteiger partial charge in [0.2, 0.25) is 0 Å². The largest absolute Gasteiger partial charge is 0.205 e. The highest BCUT2D eigenvalue weighted by molar-refractivity contribution is 9.09. The number of hydrogen-bond acceptors (Lipinski definition) is 0. The van der Waals surface area contributed by atoms with Crippen molar-refractivity contribution < 1.29 is 8.78 Å². The van der Waals surface area contributed by atoms with Crippen molar-refractivity contribution in [1.29, 1.82) is 0 Å². The van der Waals surface area contributed by atoms with E-state index in [0.29, 0.717) is 12.0 Å². The van der Waals surface area contributed by atoms with E-state index in [-0.39, 0.29) is 4.83 Å². The van der Waals surface area contributed by atoms with Crippen molar-refractivity contribution in [3.63, 3.8) is 0 Å². The van der Waals surface area contributed by atoms with Gasteiger partial charge in [-0.05, 0) is 18.1 Å². The molecular weight excluding hydrogens is 261 g/mol. The summed E-state index contributed by atoms with van der Waals surface area (Å²) < 4.78 is 25.9. The zero-order chi connectivity index (χ0) is 10.0. The van der Waals surface area contributed by atoms with Gasteiger partial charge in [-0.3, -0.25) is 0 Å². The molecule has 4 heteroatoms. The van der Waals surface area contributed by atoms with E-state index in [1.807, 2.05) is 6.92 Å². The molecule has 0 N–H and O–H groups in total. The van der Waals surface area contributed by atoms with E-state index in [0.717, 1.165) is 0 Å². The maximum Gasteiger partial charge on any atom is 0.148 e. The van der Waals surface area contributed by atoms with Crippen molar-refractivity contribution in [2.75, 3.05) is 0 Å². The first-order chi connectivity index (χ1) is 6.02. The lowest BCUT2D eigenvalue weighted by Crippen LogP contribution is -2.00. The van der Waals surface area contributed by atoms with Crippen molar-refractivity contribution in [3.05, 3.63) is 34.4 Å². The lowest BCUT2D eigenvalue weighted by atomic mass is 10.1. The van der Waals surface area contributed by atoms with Crippen LogP contribution in [0.5, 0.6) is 0 Å². The summed E-state index contributed by atoms with van der Waals surface area (Å²) in [6, 6.07) is 2.59. The Hall–Kier alpha value is -0.150. The van der Waals surface area contributed by atoms with Crippen molar-refractivity contribution in [3.8, 4) is 0 Å². The summed E-state index contributed by atoms with van der Waals surface area (Å²) >= 11 is 8.69. The van der Waals surface area contributed by atoms with Crippen LogP contribution in [0.3, 0.4) is 0 Å². The van der Waals surface area contributed by atoms with Gasteiger partial charge in [-0.25, -0.2) is 8.78 Å². The number of hydrogen-bond donors (Lipinski definition) is 0. The normalized spacial score (nSPS) is 13.0. The number of halogens is 4. The summed E-state index contributed by atoms with van der Waals surface area (Å²) in [4.78, 5) is 0.142. The molecule has 0 heterocycles. The Bertz CT molecular complexity index is 313. The highest BCUT2D eigenvalue weighted by Gasteiger charge is 2.12. The smallest absolute Gasteiger partial charge is 0.148 e. The molecule has 72 valence electrons. The van der Waals surface area contributed by atoms with E-state index >= 15 is 0 Å². The molecule has 1 atom stereocenters. The van der Waals surface area contributed by atoms with Crippen molar-refractivity contribution >= 4 is 27.5 Å². The van der Waals surface area contributed by atoms with Gasteiger partial charge < -0.3 is 0 Å². The van der Waals surface area contributed by atoms with E-state index in [2.05, 4.69) is 15.9 Å². The average Bonchev–Trinajstić information content (AvgIpc) is 2.06. The van der Waals surface area contributed by atoms with Crippen LogP contribution in [0, 0.1) is 11.6 Å². The minimum absolute atomic E-state index is 0.142. The van der Waals surface area contributed by atoms with Crippen molar-refractivity contribution in [2.45, 2.75) is 18.2 Å². The molecule has 0 saturated heterocycles. The summed E-state index contributed by atoms with van der Waals surface area (Å²) in [5.41, 5.74) is 0.427. The summed E-state index contributed by atoms with van der Waals surface area (Å²) in [5.74, 6) is -1.38. The minimum atomic E-state index is -0.717. The van der Waals surface area contributed by atoms with Gasteiger partial charge in [0.15, 0.2) is 0 Å². The van der Waals surface area contributed by atoms with Gasteiger partial charge in [-0.1, -0.05) is 40.5 Å².